The summed E-state index contributed by atoms with van der Waals surface area (Å²) in [5.74, 6) is 0. The maximum Gasteiger partial charge on any atom is 0.0582 e. The largest absolute Gasteiger partial charge is 0.307 e. The van der Waals surface area contributed by atoms with Crippen LogP contribution in [0.2, 0.25) is 0 Å². The molecule has 0 aliphatic heterocycles. The molecule has 0 spiro atoms. The van der Waals surface area contributed by atoms with Crippen LogP contribution >= 0.6 is 0 Å². The maximum atomic E-state index is 3.68. The Morgan fingerprint density at radius 3 is 2.19 bits per heavy atom. The van der Waals surface area contributed by atoms with Gasteiger partial charge in [-0.2, -0.15) is 0 Å². The van der Waals surface area contributed by atoms with Gasteiger partial charge < -0.3 is 5.32 Å². The Morgan fingerprint density at radius 2 is 1.52 bits per heavy atom. The summed E-state index contributed by atoms with van der Waals surface area (Å²) in [6.45, 7) is 12.0. The number of rotatable bonds is 5. The van der Waals surface area contributed by atoms with Crippen molar-refractivity contribution >= 4 is 0 Å². The van der Waals surface area contributed by atoms with Crippen molar-refractivity contribution < 1.29 is 0 Å². The first-order valence-corrected chi connectivity index (χ1v) is 7.97. The van der Waals surface area contributed by atoms with Crippen LogP contribution in [-0.2, 0) is 6.42 Å². The van der Waals surface area contributed by atoms with Crippen LogP contribution in [0.25, 0.3) is 0 Å². The monoisotopic (exact) mass is 281 g/mol. The Labute approximate surface area is 129 Å². The van der Waals surface area contributed by atoms with Crippen LogP contribution in [0, 0.1) is 20.8 Å². The molecule has 112 valence electrons. The average molecular weight is 281 g/mol. The van der Waals surface area contributed by atoms with E-state index in [4.69, 9.17) is 0 Å². The van der Waals surface area contributed by atoms with Gasteiger partial charge >= 0.3 is 0 Å². The summed E-state index contributed by atoms with van der Waals surface area (Å²) >= 11 is 0. The number of aryl methyl sites for hydroxylation is 4. The predicted octanol–water partition coefficient (Wildman–Crippen LogP) is 4.87. The van der Waals surface area contributed by atoms with Crippen LogP contribution in [0.3, 0.4) is 0 Å². The van der Waals surface area contributed by atoms with Crippen molar-refractivity contribution in [1.29, 1.82) is 0 Å². The van der Waals surface area contributed by atoms with Crippen molar-refractivity contribution in [1.82, 2.24) is 5.32 Å². The van der Waals surface area contributed by atoms with Crippen LogP contribution in [0.1, 0.15) is 53.3 Å². The van der Waals surface area contributed by atoms with Gasteiger partial charge in [-0.15, -0.1) is 0 Å². The lowest BCUT2D eigenvalue weighted by Gasteiger charge is -2.24. The number of hydrogen-bond acceptors (Lipinski definition) is 1. The van der Waals surface area contributed by atoms with Gasteiger partial charge in [0.05, 0.1) is 6.04 Å². The second-order valence-corrected chi connectivity index (χ2v) is 5.84. The molecule has 0 fully saturated rings. The second kappa shape index (κ2) is 6.91. The smallest absolute Gasteiger partial charge is 0.0582 e. The molecule has 0 saturated carbocycles. The standard InChI is InChI=1S/C20H27N/c1-6-17-10-8-9-11-18(17)20(21-7-2)19-13-15(4)14(3)12-16(19)5/h8-13,20-21H,6-7H2,1-5H3. The lowest BCUT2D eigenvalue weighted by Crippen LogP contribution is -2.24. The molecule has 0 heterocycles. The minimum absolute atomic E-state index is 0.283. The summed E-state index contributed by atoms with van der Waals surface area (Å²) in [6.07, 6.45) is 1.07. The molecule has 2 rings (SSSR count). The first-order chi connectivity index (χ1) is 10.1. The molecule has 2 aromatic carbocycles. The van der Waals surface area contributed by atoms with Gasteiger partial charge in [0, 0.05) is 0 Å². The van der Waals surface area contributed by atoms with Crippen molar-refractivity contribution in [3.8, 4) is 0 Å². The highest BCUT2D eigenvalue weighted by atomic mass is 14.9. The molecule has 0 aliphatic carbocycles. The van der Waals surface area contributed by atoms with Crippen molar-refractivity contribution in [2.75, 3.05) is 6.54 Å². The predicted molar refractivity (Wildman–Crippen MR) is 92.0 cm³/mol. The third-order valence-electron chi connectivity index (χ3n) is 4.35. The summed E-state index contributed by atoms with van der Waals surface area (Å²) in [6, 6.07) is 13.7. The molecule has 0 aromatic heterocycles. The fraction of sp³-hybridized carbons (Fsp3) is 0.400. The van der Waals surface area contributed by atoms with E-state index in [1.54, 1.807) is 0 Å². The summed E-state index contributed by atoms with van der Waals surface area (Å²) in [5, 5.41) is 3.68. The highest BCUT2D eigenvalue weighted by Gasteiger charge is 2.18. The molecule has 0 saturated heterocycles. The molecule has 21 heavy (non-hydrogen) atoms. The van der Waals surface area contributed by atoms with E-state index in [0.717, 1.165) is 13.0 Å². The van der Waals surface area contributed by atoms with Crippen molar-refractivity contribution in [3.63, 3.8) is 0 Å². The zero-order valence-corrected chi connectivity index (χ0v) is 14.0. The zero-order chi connectivity index (χ0) is 15.4. The number of benzene rings is 2. The SMILES string of the molecule is CCNC(c1cc(C)c(C)cc1C)c1ccccc1CC. The first-order valence-electron chi connectivity index (χ1n) is 7.97. The van der Waals surface area contributed by atoms with Crippen LogP contribution < -0.4 is 5.32 Å². The minimum Gasteiger partial charge on any atom is -0.307 e. The highest BCUT2D eigenvalue weighted by molar-refractivity contribution is 5.44. The van der Waals surface area contributed by atoms with E-state index in [-0.39, 0.29) is 6.04 Å². The number of nitrogens with one attached hydrogen (secondary N) is 1. The molecule has 1 nitrogen and oxygen atoms in total. The topological polar surface area (TPSA) is 12.0 Å². The van der Waals surface area contributed by atoms with Crippen LogP contribution in [-0.4, -0.2) is 6.54 Å². The van der Waals surface area contributed by atoms with Crippen molar-refractivity contribution in [2.45, 2.75) is 47.1 Å². The second-order valence-electron chi connectivity index (χ2n) is 5.84. The summed E-state index contributed by atoms with van der Waals surface area (Å²) < 4.78 is 0. The van der Waals surface area contributed by atoms with Gasteiger partial charge in [0.2, 0.25) is 0 Å². The fourth-order valence-corrected chi connectivity index (χ4v) is 3.02. The van der Waals surface area contributed by atoms with E-state index < -0.39 is 0 Å². The van der Waals surface area contributed by atoms with Gasteiger partial charge in [-0.05, 0) is 67.1 Å². The quantitative estimate of drug-likeness (QED) is 0.824. The van der Waals surface area contributed by atoms with Crippen molar-refractivity contribution in [2.24, 2.45) is 0 Å². The van der Waals surface area contributed by atoms with E-state index in [9.17, 15) is 0 Å². The van der Waals surface area contributed by atoms with E-state index in [1.165, 1.54) is 33.4 Å². The van der Waals surface area contributed by atoms with Gasteiger partial charge in [0.1, 0.15) is 0 Å². The average Bonchev–Trinajstić information content (AvgIpc) is 2.49. The van der Waals surface area contributed by atoms with Crippen LogP contribution in [0.4, 0.5) is 0 Å². The van der Waals surface area contributed by atoms with E-state index >= 15 is 0 Å². The van der Waals surface area contributed by atoms with Gasteiger partial charge in [0.15, 0.2) is 0 Å². The van der Waals surface area contributed by atoms with Gasteiger partial charge in [-0.3, -0.25) is 0 Å². The molecule has 2 aromatic rings. The molecular formula is C20H27N. The van der Waals surface area contributed by atoms with E-state index in [1.807, 2.05) is 0 Å². The molecule has 0 bridgehead atoms. The molecule has 0 amide bonds. The number of hydrogen-bond donors (Lipinski definition) is 1. The lowest BCUT2D eigenvalue weighted by molar-refractivity contribution is 0.622. The van der Waals surface area contributed by atoms with Crippen LogP contribution in [0.5, 0.6) is 0 Å². The van der Waals surface area contributed by atoms with E-state index in [0.29, 0.717) is 0 Å². The Bertz CT molecular complexity index is 613. The fourth-order valence-electron chi connectivity index (χ4n) is 3.02. The molecule has 1 atom stereocenters. The van der Waals surface area contributed by atoms with Crippen LogP contribution in [0.15, 0.2) is 36.4 Å². The Morgan fingerprint density at radius 1 is 0.857 bits per heavy atom. The van der Waals surface area contributed by atoms with Gasteiger partial charge in [-0.25, -0.2) is 0 Å². The molecular weight excluding hydrogens is 254 g/mol. The molecule has 0 radical (unpaired) electrons. The molecule has 1 N–H and O–H groups in total. The first kappa shape index (κ1) is 15.8. The van der Waals surface area contributed by atoms with Crippen molar-refractivity contribution in [3.05, 3.63) is 69.8 Å². The summed E-state index contributed by atoms with van der Waals surface area (Å²) in [4.78, 5) is 0. The summed E-state index contributed by atoms with van der Waals surface area (Å²) in [7, 11) is 0. The van der Waals surface area contributed by atoms with Gasteiger partial charge in [-0.1, -0.05) is 50.2 Å². The Hall–Kier alpha value is -1.60. The minimum atomic E-state index is 0.283. The zero-order valence-electron chi connectivity index (χ0n) is 14.0. The highest BCUT2D eigenvalue weighted by Crippen LogP contribution is 2.29. The maximum absolute atomic E-state index is 3.68. The molecule has 1 unspecified atom stereocenters. The van der Waals surface area contributed by atoms with Gasteiger partial charge in [0.25, 0.3) is 0 Å². The third kappa shape index (κ3) is 3.36. The molecule has 1 heteroatoms. The summed E-state index contributed by atoms with van der Waals surface area (Å²) in [5.41, 5.74) is 8.35. The molecule has 0 aliphatic rings. The third-order valence-corrected chi connectivity index (χ3v) is 4.35. The van der Waals surface area contributed by atoms with E-state index in [2.05, 4.69) is 76.3 Å². The Balaban J connectivity index is 2.56. The normalized spacial score (nSPS) is 12.4. The lowest BCUT2D eigenvalue weighted by atomic mass is 9.89. The Kier molecular flexibility index (Phi) is 5.19.